The molecule has 0 radical (unpaired) electrons. The minimum atomic E-state index is -1.33. The quantitative estimate of drug-likeness (QED) is 0.257. The number of amides is 1. The summed E-state index contributed by atoms with van der Waals surface area (Å²) in [6.07, 6.45) is 1.58. The fourth-order valence-electron chi connectivity index (χ4n) is 6.92. The van der Waals surface area contributed by atoms with E-state index in [0.717, 1.165) is 12.8 Å². The number of hydrogen-bond donors (Lipinski definition) is 1. The van der Waals surface area contributed by atoms with Crippen LogP contribution in [-0.4, -0.2) is 48.3 Å². The molecule has 0 aliphatic carbocycles. The molecule has 6 rings (SSSR count). The van der Waals surface area contributed by atoms with Crippen LogP contribution < -0.4 is 14.8 Å². The maximum absolute atomic E-state index is 14.7. The minimum Gasteiger partial charge on any atom is -0.493 e. The van der Waals surface area contributed by atoms with Gasteiger partial charge in [-0.15, -0.1) is 0 Å². The fraction of sp³-hybridized carbons (Fsp3) is 0.310. The van der Waals surface area contributed by atoms with Crippen LogP contribution in [0.15, 0.2) is 60.7 Å². The van der Waals surface area contributed by atoms with Gasteiger partial charge in [0.25, 0.3) is 5.69 Å². The lowest BCUT2D eigenvalue weighted by molar-refractivity contribution is -0.384. The summed E-state index contributed by atoms with van der Waals surface area (Å²) in [4.78, 5) is 42.2. The van der Waals surface area contributed by atoms with Gasteiger partial charge in [-0.1, -0.05) is 23.7 Å². The van der Waals surface area contributed by atoms with Crippen molar-refractivity contribution < 1.29 is 24.0 Å². The number of methoxy groups -OCH3 is 2. The van der Waals surface area contributed by atoms with E-state index < -0.39 is 22.3 Å². The van der Waals surface area contributed by atoms with Crippen molar-refractivity contribution in [2.24, 2.45) is 5.92 Å². The summed E-state index contributed by atoms with van der Waals surface area (Å²) >= 11 is 6.45. The molecule has 3 aliphatic rings. The maximum Gasteiger partial charge on any atom is 0.269 e. The number of hydrogen-bond acceptors (Lipinski definition) is 7. The second kappa shape index (κ2) is 9.36. The third kappa shape index (κ3) is 3.64. The Bertz CT molecular complexity index is 1530. The van der Waals surface area contributed by atoms with Crippen LogP contribution in [0.25, 0.3) is 0 Å². The molecule has 9 nitrogen and oxygen atoms in total. The Hall–Kier alpha value is -3.95. The molecule has 200 valence electrons. The van der Waals surface area contributed by atoms with Gasteiger partial charge in [-0.2, -0.15) is 0 Å². The van der Waals surface area contributed by atoms with Crippen LogP contribution in [0.2, 0.25) is 5.02 Å². The number of nitro groups is 1. The number of nitro benzene ring substituents is 1. The number of ether oxygens (including phenoxy) is 2. The van der Waals surface area contributed by atoms with Crippen molar-refractivity contribution in [3.8, 4) is 11.5 Å². The largest absolute Gasteiger partial charge is 0.493 e. The number of fused-ring (bicyclic) bond motifs is 4. The van der Waals surface area contributed by atoms with Gasteiger partial charge >= 0.3 is 0 Å². The number of rotatable bonds is 6. The second-order valence-corrected chi connectivity index (χ2v) is 10.5. The van der Waals surface area contributed by atoms with Crippen molar-refractivity contribution in [1.82, 2.24) is 4.90 Å². The zero-order chi connectivity index (χ0) is 27.5. The molecule has 3 unspecified atom stereocenters. The summed E-state index contributed by atoms with van der Waals surface area (Å²) in [5, 5.41) is 15.1. The van der Waals surface area contributed by atoms with Crippen LogP contribution in [0.3, 0.4) is 0 Å². The molecular formula is C29H26ClN3O6. The van der Waals surface area contributed by atoms with Crippen LogP contribution in [0.4, 0.5) is 11.4 Å². The van der Waals surface area contributed by atoms with Crippen LogP contribution >= 0.6 is 11.6 Å². The lowest BCUT2D eigenvalue weighted by Gasteiger charge is -2.37. The zero-order valence-corrected chi connectivity index (χ0v) is 22.1. The molecule has 3 aliphatic heterocycles. The third-order valence-corrected chi connectivity index (χ3v) is 8.61. The summed E-state index contributed by atoms with van der Waals surface area (Å²) in [6, 6.07) is 16.4. The molecule has 4 atom stereocenters. The molecule has 1 N–H and O–H groups in total. The van der Waals surface area contributed by atoms with Crippen molar-refractivity contribution in [2.75, 3.05) is 26.1 Å². The standard InChI is InChI=1S/C29H26ClN3O6/c1-38-23-11-8-17(14-24(23)39-2)27(34)26-25(16-5-3-6-19(13-16)33(36)37)22-7-4-12-32(22)29(26)20-15-18(30)9-10-21(20)31-28(29)35/h3,5-6,8-11,13-15,22,25-26H,4,7,12H2,1-2H3,(H,31,35)/t22?,25?,26?,29-/m1/s1. The fourth-order valence-corrected chi connectivity index (χ4v) is 7.09. The molecule has 10 heteroatoms. The lowest BCUT2D eigenvalue weighted by atomic mass is 9.68. The van der Waals surface area contributed by atoms with Crippen LogP contribution in [0.1, 0.15) is 40.2 Å². The summed E-state index contributed by atoms with van der Waals surface area (Å²) in [7, 11) is 3.01. The monoisotopic (exact) mass is 547 g/mol. The van der Waals surface area contributed by atoms with E-state index in [0.29, 0.717) is 45.4 Å². The van der Waals surface area contributed by atoms with E-state index in [9.17, 15) is 19.7 Å². The van der Waals surface area contributed by atoms with Gasteiger partial charge < -0.3 is 14.8 Å². The first-order chi connectivity index (χ1) is 18.8. The molecule has 39 heavy (non-hydrogen) atoms. The zero-order valence-electron chi connectivity index (χ0n) is 21.3. The van der Waals surface area contributed by atoms with Gasteiger partial charge in [0.15, 0.2) is 17.3 Å². The number of non-ortho nitro benzene ring substituents is 1. The van der Waals surface area contributed by atoms with Gasteiger partial charge in [0, 0.05) is 45.9 Å². The predicted octanol–water partition coefficient (Wildman–Crippen LogP) is 5.17. The SMILES string of the molecule is COc1ccc(C(=O)C2C(c3cccc([N+](=O)[O-])c3)C3CCCN3[C@@]23C(=O)Nc2ccc(Cl)cc23)cc1OC. The molecule has 2 fully saturated rings. The van der Waals surface area contributed by atoms with Gasteiger partial charge in [-0.25, -0.2) is 0 Å². The second-order valence-electron chi connectivity index (χ2n) is 10.1. The smallest absolute Gasteiger partial charge is 0.269 e. The van der Waals surface area contributed by atoms with Crippen LogP contribution in [-0.2, 0) is 10.3 Å². The first kappa shape index (κ1) is 25.3. The topological polar surface area (TPSA) is 111 Å². The first-order valence-electron chi connectivity index (χ1n) is 12.7. The summed E-state index contributed by atoms with van der Waals surface area (Å²) in [6.45, 7) is 0.602. The average molecular weight is 548 g/mol. The Labute approximate surface area is 229 Å². The van der Waals surface area contributed by atoms with E-state index in [1.807, 2.05) is 6.07 Å². The molecule has 1 spiro atoms. The number of carbonyl (C=O) groups is 2. The molecule has 0 saturated carbocycles. The number of carbonyl (C=O) groups excluding carboxylic acids is 2. The van der Waals surface area contributed by atoms with Crippen molar-refractivity contribution in [2.45, 2.75) is 30.3 Å². The highest BCUT2D eigenvalue weighted by atomic mass is 35.5. The van der Waals surface area contributed by atoms with Crippen LogP contribution in [0, 0.1) is 16.0 Å². The lowest BCUT2D eigenvalue weighted by Crippen LogP contribution is -2.52. The van der Waals surface area contributed by atoms with Gasteiger partial charge in [0.2, 0.25) is 5.91 Å². The highest BCUT2D eigenvalue weighted by molar-refractivity contribution is 6.31. The molecule has 1 amide bonds. The van der Waals surface area contributed by atoms with E-state index in [1.54, 1.807) is 42.5 Å². The first-order valence-corrected chi connectivity index (χ1v) is 13.1. The molecule has 3 aromatic carbocycles. The maximum atomic E-state index is 14.7. The summed E-state index contributed by atoms with van der Waals surface area (Å²) < 4.78 is 10.8. The Morgan fingerprint density at radius 2 is 1.90 bits per heavy atom. The highest BCUT2D eigenvalue weighted by Crippen LogP contribution is 2.61. The molecule has 3 heterocycles. The van der Waals surface area contributed by atoms with Crippen LogP contribution in [0.5, 0.6) is 11.5 Å². The van der Waals surface area contributed by atoms with Crippen molar-refractivity contribution in [1.29, 1.82) is 0 Å². The average Bonchev–Trinajstić information content (AvgIpc) is 3.61. The number of anilines is 1. The van der Waals surface area contributed by atoms with Gasteiger partial charge in [-0.05, 0) is 61.3 Å². The molecule has 2 saturated heterocycles. The number of Topliss-reactive ketones (excluding diaryl/α,β-unsaturated/α-hetero) is 1. The Balaban J connectivity index is 1.61. The molecular weight excluding hydrogens is 522 g/mol. The number of nitrogens with one attached hydrogen (secondary N) is 1. The van der Waals surface area contributed by atoms with E-state index in [-0.39, 0.29) is 23.4 Å². The molecule has 0 aromatic heterocycles. The van der Waals surface area contributed by atoms with Gasteiger partial charge in [-0.3, -0.25) is 24.6 Å². The van der Waals surface area contributed by atoms with Crippen molar-refractivity contribution >= 4 is 34.7 Å². The molecule has 0 bridgehead atoms. The number of benzene rings is 3. The summed E-state index contributed by atoms with van der Waals surface area (Å²) in [5.41, 5.74) is 0.881. The van der Waals surface area contributed by atoms with E-state index in [2.05, 4.69) is 10.2 Å². The summed E-state index contributed by atoms with van der Waals surface area (Å²) in [5.74, 6) is -1.06. The Morgan fingerprint density at radius 1 is 1.10 bits per heavy atom. The van der Waals surface area contributed by atoms with Crippen molar-refractivity contribution in [3.63, 3.8) is 0 Å². The van der Waals surface area contributed by atoms with Crippen molar-refractivity contribution in [3.05, 3.63) is 92.5 Å². The Morgan fingerprint density at radius 3 is 2.64 bits per heavy atom. The highest BCUT2D eigenvalue weighted by Gasteiger charge is 2.69. The number of ketones is 1. The third-order valence-electron chi connectivity index (χ3n) is 8.38. The van der Waals surface area contributed by atoms with E-state index in [1.165, 1.54) is 26.4 Å². The van der Waals surface area contributed by atoms with Gasteiger partial charge in [0.05, 0.1) is 25.1 Å². The minimum absolute atomic E-state index is 0.0605. The van der Waals surface area contributed by atoms with E-state index in [4.69, 9.17) is 21.1 Å². The normalized spacial score (nSPS) is 25.3. The predicted molar refractivity (Wildman–Crippen MR) is 145 cm³/mol. The van der Waals surface area contributed by atoms with Gasteiger partial charge in [0.1, 0.15) is 5.54 Å². The number of nitrogens with zero attached hydrogens (tertiary/aromatic N) is 2. The number of halogens is 1. The van der Waals surface area contributed by atoms with E-state index >= 15 is 0 Å². The molecule has 3 aromatic rings. The Kier molecular flexibility index (Phi) is 6.08.